The number of carbonyl (C=O) groups excluding carboxylic acids is 2. The molecule has 2 N–H and O–H groups in total. The van der Waals surface area contributed by atoms with Crippen molar-refractivity contribution in [1.82, 2.24) is 20.6 Å². The van der Waals surface area contributed by atoms with Gasteiger partial charge in [0, 0.05) is 47.3 Å². The zero-order chi connectivity index (χ0) is 26.2. The second-order valence-electron chi connectivity index (χ2n) is 9.02. The van der Waals surface area contributed by atoms with Crippen LogP contribution in [0.2, 0.25) is 0 Å². The van der Waals surface area contributed by atoms with Gasteiger partial charge in [0.1, 0.15) is 12.4 Å². The highest BCUT2D eigenvalue weighted by Crippen LogP contribution is 2.24. The monoisotopic (exact) mass is 519 g/mol. The van der Waals surface area contributed by atoms with E-state index in [4.69, 9.17) is 4.74 Å². The molecule has 2 unspecified atom stereocenters. The third-order valence-electron chi connectivity index (χ3n) is 6.66. The molecular weight excluding hydrogens is 486 g/mol. The van der Waals surface area contributed by atoms with Gasteiger partial charge in [-0.05, 0) is 62.5 Å². The minimum absolute atomic E-state index is 0.00125. The minimum Gasteiger partial charge on any atom is -0.489 e. The maximum Gasteiger partial charge on any atom is 0.251 e. The maximum absolute atomic E-state index is 13.1. The van der Waals surface area contributed by atoms with Gasteiger partial charge < -0.3 is 15.0 Å². The number of hydrogen-bond donors (Lipinski definition) is 2. The number of piperidine rings is 1. The molecule has 1 fully saturated rings. The van der Waals surface area contributed by atoms with E-state index in [1.54, 1.807) is 12.1 Å². The molecule has 3 aromatic rings. The van der Waals surface area contributed by atoms with Gasteiger partial charge in [-0.2, -0.15) is 5.10 Å². The highest BCUT2D eigenvalue weighted by atomic mass is 32.2. The van der Waals surface area contributed by atoms with Crippen molar-refractivity contribution in [3.63, 3.8) is 0 Å². The van der Waals surface area contributed by atoms with E-state index in [-0.39, 0.29) is 17.9 Å². The first-order valence-electron chi connectivity index (χ1n) is 12.4. The molecule has 1 aliphatic rings. The van der Waals surface area contributed by atoms with E-state index in [1.807, 2.05) is 55.6 Å². The topological polar surface area (TPSA) is 95.9 Å². The van der Waals surface area contributed by atoms with Gasteiger partial charge in [-0.3, -0.25) is 14.6 Å². The van der Waals surface area contributed by atoms with Crippen LogP contribution in [0.25, 0.3) is 10.9 Å². The van der Waals surface area contributed by atoms with Crippen molar-refractivity contribution in [2.45, 2.75) is 32.9 Å². The van der Waals surface area contributed by atoms with Crippen LogP contribution in [0, 0.1) is 12.8 Å². The predicted molar refractivity (Wildman–Crippen MR) is 149 cm³/mol. The van der Waals surface area contributed by atoms with E-state index in [2.05, 4.69) is 32.7 Å². The lowest BCUT2D eigenvalue weighted by Gasteiger charge is -2.38. The summed E-state index contributed by atoms with van der Waals surface area (Å²) in [5, 5.41) is 9.31. The molecule has 2 heterocycles. The molecule has 1 aromatic heterocycles. The predicted octanol–water partition coefficient (Wildman–Crippen LogP) is 3.98. The average Bonchev–Trinajstić information content (AvgIpc) is 2.93. The summed E-state index contributed by atoms with van der Waals surface area (Å²) >= 11 is 1.49. The number of nitrogens with zero attached hydrogens (tertiary/aromatic N) is 3. The van der Waals surface area contributed by atoms with E-state index in [9.17, 15) is 9.59 Å². The zero-order valence-electron chi connectivity index (χ0n) is 21.4. The number of ether oxygens (including phenoxy) is 1. The second-order valence-corrected chi connectivity index (χ2v) is 9.85. The fourth-order valence-electron chi connectivity index (χ4n) is 4.73. The van der Waals surface area contributed by atoms with Gasteiger partial charge >= 0.3 is 0 Å². The van der Waals surface area contributed by atoms with Crippen LogP contribution in [0.4, 0.5) is 0 Å². The molecule has 2 amide bonds. The van der Waals surface area contributed by atoms with Crippen LogP contribution >= 0.6 is 11.8 Å². The Hall–Kier alpha value is -3.43. The third-order valence-corrected chi connectivity index (χ3v) is 7.47. The number of benzene rings is 2. The van der Waals surface area contributed by atoms with Crippen LogP contribution in [0.5, 0.6) is 5.75 Å². The van der Waals surface area contributed by atoms with E-state index in [0.29, 0.717) is 24.3 Å². The Balaban J connectivity index is 1.42. The molecule has 4 rings (SSSR count). The number of aryl methyl sites for hydroxylation is 1. The Kier molecular flexibility index (Phi) is 9.14. The molecule has 1 aliphatic heterocycles. The molecule has 2 aromatic carbocycles. The van der Waals surface area contributed by atoms with Gasteiger partial charge in [0.2, 0.25) is 6.41 Å². The maximum atomic E-state index is 13.1. The quantitative estimate of drug-likeness (QED) is 0.192. The van der Waals surface area contributed by atoms with E-state index in [0.717, 1.165) is 53.3 Å². The third kappa shape index (κ3) is 6.67. The van der Waals surface area contributed by atoms with Crippen LogP contribution in [0.15, 0.2) is 59.7 Å². The van der Waals surface area contributed by atoms with Gasteiger partial charge in [-0.15, -0.1) is 11.8 Å². The van der Waals surface area contributed by atoms with Gasteiger partial charge in [-0.25, -0.2) is 5.43 Å². The smallest absolute Gasteiger partial charge is 0.251 e. The van der Waals surface area contributed by atoms with Gasteiger partial charge in [0.05, 0.1) is 10.6 Å². The molecule has 0 saturated carbocycles. The second kappa shape index (κ2) is 12.7. The number of aromatic nitrogens is 1. The van der Waals surface area contributed by atoms with Crippen molar-refractivity contribution in [1.29, 1.82) is 0 Å². The van der Waals surface area contributed by atoms with Crippen LogP contribution in [-0.2, 0) is 11.4 Å². The summed E-state index contributed by atoms with van der Waals surface area (Å²) in [6, 6.07) is 17.2. The summed E-state index contributed by atoms with van der Waals surface area (Å²) in [5.74, 6) is 0.563. The number of para-hydroxylation sites is 1. The fourth-order valence-corrected chi connectivity index (χ4v) is 5.41. The number of fused-ring (bicyclic) bond motifs is 1. The molecular formula is C28H33N5O3S. The number of hydrogen-bond acceptors (Lipinski definition) is 7. The van der Waals surface area contributed by atoms with Crippen molar-refractivity contribution in [2.75, 3.05) is 25.9 Å². The molecule has 0 aliphatic carbocycles. The molecule has 2 atom stereocenters. The van der Waals surface area contributed by atoms with E-state index < -0.39 is 0 Å². The molecule has 0 spiro atoms. The Bertz CT molecular complexity index is 1260. The Labute approximate surface area is 221 Å². The largest absolute Gasteiger partial charge is 0.489 e. The first-order valence-corrected chi connectivity index (χ1v) is 13.7. The Morgan fingerprint density at radius 3 is 2.76 bits per heavy atom. The number of pyridine rings is 1. The summed E-state index contributed by atoms with van der Waals surface area (Å²) in [7, 11) is 0. The number of amides is 2. The SMILES string of the molecule is CCN1CCC(NC(=O)c2ccc(OCc3cc(C)nc4ccccc34)cc2)C(/C(=N/NC=O)SC)C1. The molecule has 9 heteroatoms. The van der Waals surface area contributed by atoms with Crippen molar-refractivity contribution >= 4 is 40.0 Å². The fraction of sp³-hybridized carbons (Fsp3) is 0.357. The number of likely N-dealkylation sites (tertiary alicyclic amines) is 1. The van der Waals surface area contributed by atoms with Crippen LogP contribution in [0.3, 0.4) is 0 Å². The van der Waals surface area contributed by atoms with Crippen LogP contribution in [0.1, 0.15) is 35.0 Å². The molecule has 37 heavy (non-hydrogen) atoms. The molecule has 1 saturated heterocycles. The average molecular weight is 520 g/mol. The van der Waals surface area contributed by atoms with Crippen molar-refractivity contribution in [3.8, 4) is 5.75 Å². The Morgan fingerprint density at radius 2 is 2.03 bits per heavy atom. The van der Waals surface area contributed by atoms with Gasteiger partial charge in [-0.1, -0.05) is 25.1 Å². The molecule has 0 bridgehead atoms. The summed E-state index contributed by atoms with van der Waals surface area (Å²) in [5.41, 5.74) is 5.96. The summed E-state index contributed by atoms with van der Waals surface area (Å²) in [6.45, 7) is 7.12. The molecule has 0 radical (unpaired) electrons. The Morgan fingerprint density at radius 1 is 1.24 bits per heavy atom. The van der Waals surface area contributed by atoms with Gasteiger partial charge in [0.15, 0.2) is 0 Å². The van der Waals surface area contributed by atoms with Crippen molar-refractivity contribution < 1.29 is 14.3 Å². The number of nitrogens with one attached hydrogen (secondary N) is 2. The number of thioether (sulfide) groups is 1. The van der Waals surface area contributed by atoms with E-state index in [1.165, 1.54) is 11.8 Å². The molecule has 194 valence electrons. The van der Waals surface area contributed by atoms with E-state index >= 15 is 0 Å². The normalized spacial score (nSPS) is 18.4. The minimum atomic E-state index is -0.133. The highest BCUT2D eigenvalue weighted by Gasteiger charge is 2.33. The summed E-state index contributed by atoms with van der Waals surface area (Å²) < 4.78 is 6.05. The lowest BCUT2D eigenvalue weighted by molar-refractivity contribution is -0.109. The number of rotatable bonds is 9. The summed E-state index contributed by atoms with van der Waals surface area (Å²) in [4.78, 5) is 30.8. The van der Waals surface area contributed by atoms with Gasteiger partial charge in [0.25, 0.3) is 5.91 Å². The first-order chi connectivity index (χ1) is 18.0. The standard InChI is InChI=1S/C28H33N5O3S/c1-4-33-14-13-26(24(16-33)28(37-3)32-29-18-34)31-27(35)20-9-11-22(12-10-20)36-17-21-15-19(2)30-25-8-6-5-7-23(21)25/h5-12,15,18,24,26H,4,13-14,16-17H2,1-3H3,(H,29,34)(H,31,35)/b32-28-. The first kappa shape index (κ1) is 26.6. The van der Waals surface area contributed by atoms with Crippen molar-refractivity contribution in [2.24, 2.45) is 11.0 Å². The lowest BCUT2D eigenvalue weighted by atomic mass is 9.92. The molecule has 8 nitrogen and oxygen atoms in total. The number of carbonyl (C=O) groups is 2. The lowest BCUT2D eigenvalue weighted by Crippen LogP contribution is -2.53. The van der Waals surface area contributed by atoms with Crippen LogP contribution < -0.4 is 15.5 Å². The van der Waals surface area contributed by atoms with Crippen LogP contribution in [-0.4, -0.2) is 59.2 Å². The van der Waals surface area contributed by atoms with Crippen molar-refractivity contribution in [3.05, 3.63) is 71.4 Å². The number of hydrazone groups is 1. The zero-order valence-corrected chi connectivity index (χ0v) is 22.3. The highest BCUT2D eigenvalue weighted by molar-refractivity contribution is 8.13. The summed E-state index contributed by atoms with van der Waals surface area (Å²) in [6.07, 6.45) is 3.31.